The second kappa shape index (κ2) is 6.33. The average molecular weight is 346 g/mol. The zero-order valence-electron chi connectivity index (χ0n) is 13.2. The van der Waals surface area contributed by atoms with Crippen molar-refractivity contribution in [1.29, 1.82) is 0 Å². The lowest BCUT2D eigenvalue weighted by Gasteiger charge is -2.17. The Kier molecular flexibility index (Phi) is 4.38. The normalized spacial score (nSPS) is 18.6. The number of carbonyl (C=O) groups is 1. The number of benzene rings is 1. The van der Waals surface area contributed by atoms with Crippen molar-refractivity contribution in [2.75, 3.05) is 13.1 Å². The Balaban J connectivity index is 1.81. The van der Waals surface area contributed by atoms with E-state index in [0.717, 1.165) is 17.5 Å². The SMILES string of the molecule is Cc1ccncc1C1CCN(S(=O)(=O)c2ccc(C(=O)O)cc2)C1. The van der Waals surface area contributed by atoms with Crippen LogP contribution in [0.25, 0.3) is 0 Å². The lowest BCUT2D eigenvalue weighted by Crippen LogP contribution is -2.28. The monoisotopic (exact) mass is 346 g/mol. The number of carboxylic acids is 1. The second-order valence-electron chi connectivity index (χ2n) is 5.91. The molecule has 126 valence electrons. The van der Waals surface area contributed by atoms with Crippen LogP contribution in [0.5, 0.6) is 0 Å². The van der Waals surface area contributed by atoms with Crippen LogP contribution in [0.3, 0.4) is 0 Å². The van der Waals surface area contributed by atoms with Crippen LogP contribution in [-0.4, -0.2) is 41.9 Å². The summed E-state index contributed by atoms with van der Waals surface area (Å²) < 4.78 is 26.9. The number of nitrogens with zero attached hydrogens (tertiary/aromatic N) is 2. The third kappa shape index (κ3) is 3.05. The summed E-state index contributed by atoms with van der Waals surface area (Å²) in [5.41, 5.74) is 2.26. The molecule has 1 fully saturated rings. The largest absolute Gasteiger partial charge is 0.478 e. The number of hydrogen-bond acceptors (Lipinski definition) is 4. The van der Waals surface area contributed by atoms with E-state index in [1.165, 1.54) is 28.6 Å². The van der Waals surface area contributed by atoms with Crippen molar-refractivity contribution < 1.29 is 18.3 Å². The molecule has 7 heteroatoms. The van der Waals surface area contributed by atoms with Gasteiger partial charge in [-0.05, 0) is 54.8 Å². The summed E-state index contributed by atoms with van der Waals surface area (Å²) in [6.45, 7) is 2.86. The van der Waals surface area contributed by atoms with Gasteiger partial charge in [0.15, 0.2) is 0 Å². The summed E-state index contributed by atoms with van der Waals surface area (Å²) in [6.07, 6.45) is 4.28. The van der Waals surface area contributed by atoms with Crippen LogP contribution in [0, 0.1) is 6.92 Å². The fourth-order valence-corrected chi connectivity index (χ4v) is 4.52. The number of sulfonamides is 1. The van der Waals surface area contributed by atoms with Crippen LogP contribution in [0.4, 0.5) is 0 Å². The summed E-state index contributed by atoms with van der Waals surface area (Å²) in [7, 11) is -3.61. The first-order valence-corrected chi connectivity index (χ1v) is 9.07. The summed E-state index contributed by atoms with van der Waals surface area (Å²) in [4.78, 5) is 15.1. The van der Waals surface area contributed by atoms with Crippen molar-refractivity contribution in [3.63, 3.8) is 0 Å². The zero-order chi connectivity index (χ0) is 17.3. The zero-order valence-corrected chi connectivity index (χ0v) is 14.0. The quantitative estimate of drug-likeness (QED) is 0.917. The number of hydrogen-bond donors (Lipinski definition) is 1. The van der Waals surface area contributed by atoms with Gasteiger partial charge >= 0.3 is 5.97 Å². The fraction of sp³-hybridized carbons (Fsp3) is 0.294. The molecule has 1 N–H and O–H groups in total. The molecular formula is C17H18N2O4S. The molecule has 0 amide bonds. The van der Waals surface area contributed by atoms with E-state index in [1.54, 1.807) is 12.4 Å². The van der Waals surface area contributed by atoms with Crippen LogP contribution in [0.15, 0.2) is 47.6 Å². The summed E-state index contributed by atoms with van der Waals surface area (Å²) in [5.74, 6) is -0.945. The second-order valence-corrected chi connectivity index (χ2v) is 7.85. The van der Waals surface area contributed by atoms with Crippen molar-refractivity contribution in [2.24, 2.45) is 0 Å². The van der Waals surface area contributed by atoms with Crippen molar-refractivity contribution in [3.8, 4) is 0 Å². The lowest BCUT2D eigenvalue weighted by molar-refractivity contribution is 0.0696. The molecule has 1 atom stereocenters. The van der Waals surface area contributed by atoms with Crippen molar-refractivity contribution in [1.82, 2.24) is 9.29 Å². The van der Waals surface area contributed by atoms with Crippen molar-refractivity contribution in [2.45, 2.75) is 24.2 Å². The van der Waals surface area contributed by atoms with Crippen LogP contribution in [-0.2, 0) is 10.0 Å². The smallest absolute Gasteiger partial charge is 0.335 e. The van der Waals surface area contributed by atoms with E-state index < -0.39 is 16.0 Å². The van der Waals surface area contributed by atoms with E-state index in [2.05, 4.69) is 4.98 Å². The third-order valence-electron chi connectivity index (χ3n) is 4.41. The molecule has 0 aliphatic carbocycles. The number of aromatic carboxylic acids is 1. The lowest BCUT2D eigenvalue weighted by atomic mass is 9.96. The Morgan fingerprint density at radius 2 is 1.96 bits per heavy atom. The molecule has 1 aliphatic rings. The first-order chi connectivity index (χ1) is 11.4. The van der Waals surface area contributed by atoms with E-state index in [9.17, 15) is 13.2 Å². The average Bonchev–Trinajstić information content (AvgIpc) is 3.06. The molecule has 0 radical (unpaired) electrons. The van der Waals surface area contributed by atoms with Gasteiger partial charge in [-0.25, -0.2) is 13.2 Å². The number of carboxylic acid groups (broad SMARTS) is 1. The van der Waals surface area contributed by atoms with Gasteiger partial charge in [0.1, 0.15) is 0 Å². The maximum atomic E-state index is 12.7. The Morgan fingerprint density at radius 3 is 2.58 bits per heavy atom. The van der Waals surface area contributed by atoms with Crippen LogP contribution in [0.2, 0.25) is 0 Å². The Hall–Kier alpha value is -2.25. The fourth-order valence-electron chi connectivity index (χ4n) is 3.02. The molecule has 0 spiro atoms. The Morgan fingerprint density at radius 1 is 1.25 bits per heavy atom. The van der Waals surface area contributed by atoms with Gasteiger partial charge in [-0.1, -0.05) is 0 Å². The Labute approximate surface area is 140 Å². The summed E-state index contributed by atoms with van der Waals surface area (Å²) in [6, 6.07) is 7.25. The molecule has 6 nitrogen and oxygen atoms in total. The highest BCUT2D eigenvalue weighted by Crippen LogP contribution is 2.32. The predicted octanol–water partition coefficient (Wildman–Crippen LogP) is 2.27. The Bertz CT molecular complexity index is 862. The number of aryl methyl sites for hydroxylation is 1. The highest BCUT2D eigenvalue weighted by Gasteiger charge is 2.33. The molecule has 0 bridgehead atoms. The first-order valence-electron chi connectivity index (χ1n) is 7.63. The van der Waals surface area contributed by atoms with E-state index in [-0.39, 0.29) is 16.4 Å². The van der Waals surface area contributed by atoms with Crippen LogP contribution < -0.4 is 0 Å². The molecule has 1 saturated heterocycles. The van der Waals surface area contributed by atoms with Gasteiger partial charge in [-0.2, -0.15) is 4.31 Å². The molecule has 1 aromatic carbocycles. The maximum absolute atomic E-state index is 12.7. The molecule has 2 heterocycles. The van der Waals surface area contributed by atoms with Gasteiger partial charge in [0.2, 0.25) is 10.0 Å². The topological polar surface area (TPSA) is 87.6 Å². The van der Waals surface area contributed by atoms with E-state index in [4.69, 9.17) is 5.11 Å². The standard InChI is InChI=1S/C17H18N2O4S/c1-12-6-8-18-10-16(12)14-7-9-19(11-14)24(22,23)15-4-2-13(3-5-15)17(20)21/h2-6,8,10,14H,7,9,11H2,1H3,(H,20,21). The summed E-state index contributed by atoms with van der Waals surface area (Å²) in [5, 5.41) is 8.91. The molecule has 0 saturated carbocycles. The van der Waals surface area contributed by atoms with Crippen molar-refractivity contribution in [3.05, 3.63) is 59.4 Å². The molecular weight excluding hydrogens is 328 g/mol. The van der Waals surface area contributed by atoms with Gasteiger partial charge in [0.25, 0.3) is 0 Å². The first kappa shape index (κ1) is 16.6. The maximum Gasteiger partial charge on any atom is 0.335 e. The molecule has 3 rings (SSSR count). The molecule has 2 aromatic rings. The highest BCUT2D eigenvalue weighted by molar-refractivity contribution is 7.89. The van der Waals surface area contributed by atoms with Gasteiger partial charge < -0.3 is 5.11 Å². The van der Waals surface area contributed by atoms with Crippen LogP contribution >= 0.6 is 0 Å². The van der Waals surface area contributed by atoms with E-state index in [1.807, 2.05) is 13.0 Å². The van der Waals surface area contributed by atoms with Gasteiger partial charge in [-0.15, -0.1) is 0 Å². The van der Waals surface area contributed by atoms with E-state index >= 15 is 0 Å². The predicted molar refractivity (Wildman–Crippen MR) is 88.5 cm³/mol. The van der Waals surface area contributed by atoms with Gasteiger partial charge in [0, 0.05) is 31.4 Å². The molecule has 1 aromatic heterocycles. The van der Waals surface area contributed by atoms with Crippen LogP contribution in [0.1, 0.15) is 33.8 Å². The minimum atomic E-state index is -3.61. The minimum absolute atomic E-state index is 0.0687. The number of pyridine rings is 1. The highest BCUT2D eigenvalue weighted by atomic mass is 32.2. The van der Waals surface area contributed by atoms with E-state index in [0.29, 0.717) is 13.1 Å². The van der Waals surface area contributed by atoms with Crippen molar-refractivity contribution >= 4 is 16.0 Å². The molecule has 1 unspecified atom stereocenters. The summed E-state index contributed by atoms with van der Waals surface area (Å²) >= 11 is 0. The molecule has 1 aliphatic heterocycles. The van der Waals surface area contributed by atoms with Gasteiger partial charge in [-0.3, -0.25) is 4.98 Å². The number of aromatic nitrogens is 1. The molecule has 24 heavy (non-hydrogen) atoms. The van der Waals surface area contributed by atoms with Gasteiger partial charge in [0.05, 0.1) is 10.5 Å². The minimum Gasteiger partial charge on any atom is -0.478 e. The third-order valence-corrected chi connectivity index (χ3v) is 6.29. The number of rotatable bonds is 4.